The van der Waals surface area contributed by atoms with Crippen molar-refractivity contribution < 1.29 is 9.90 Å². The van der Waals surface area contributed by atoms with E-state index in [0.29, 0.717) is 31.7 Å². The number of hydrogen-bond donors (Lipinski definition) is 1. The lowest BCUT2D eigenvalue weighted by Crippen LogP contribution is -2.40. The number of likely N-dealkylation sites (tertiary alicyclic amines) is 1. The SMILES string of the molecule is CCn1c(SCC(=O)N2CCC(O)CC2)nc2ccccc21. The second-order valence-corrected chi connectivity index (χ2v) is 6.47. The number of carbonyl (C=O) groups excluding carboxylic acids is 1. The van der Waals surface area contributed by atoms with Crippen molar-refractivity contribution in [1.82, 2.24) is 14.5 Å². The summed E-state index contributed by atoms with van der Waals surface area (Å²) in [5, 5.41) is 10.4. The normalized spacial score (nSPS) is 16.4. The fourth-order valence-corrected chi connectivity index (χ4v) is 3.78. The van der Waals surface area contributed by atoms with E-state index in [9.17, 15) is 9.90 Å². The van der Waals surface area contributed by atoms with E-state index < -0.39 is 0 Å². The number of benzene rings is 1. The second-order valence-electron chi connectivity index (χ2n) is 5.53. The van der Waals surface area contributed by atoms with Crippen LogP contribution in [0.15, 0.2) is 29.4 Å². The Balaban J connectivity index is 1.67. The largest absolute Gasteiger partial charge is 0.393 e. The predicted octanol–water partition coefficient (Wildman–Crippen LogP) is 2.13. The number of imidazole rings is 1. The van der Waals surface area contributed by atoms with E-state index in [1.807, 2.05) is 23.1 Å². The lowest BCUT2D eigenvalue weighted by Gasteiger charge is -2.29. The molecule has 5 nitrogen and oxygen atoms in total. The summed E-state index contributed by atoms with van der Waals surface area (Å²) in [5.41, 5.74) is 2.08. The number of rotatable bonds is 4. The second kappa shape index (κ2) is 6.71. The van der Waals surface area contributed by atoms with Gasteiger partial charge in [-0.3, -0.25) is 4.79 Å². The van der Waals surface area contributed by atoms with Crippen molar-refractivity contribution in [3.8, 4) is 0 Å². The zero-order valence-electron chi connectivity index (χ0n) is 12.7. The molecule has 1 aromatic heterocycles. The molecule has 6 heteroatoms. The maximum atomic E-state index is 12.3. The molecule has 0 aliphatic carbocycles. The summed E-state index contributed by atoms with van der Waals surface area (Å²) in [6, 6.07) is 8.05. The highest BCUT2D eigenvalue weighted by atomic mass is 32.2. The van der Waals surface area contributed by atoms with Crippen LogP contribution in [0.4, 0.5) is 0 Å². The van der Waals surface area contributed by atoms with E-state index in [2.05, 4.69) is 22.5 Å². The minimum absolute atomic E-state index is 0.131. The first kappa shape index (κ1) is 15.4. The van der Waals surface area contributed by atoms with Gasteiger partial charge < -0.3 is 14.6 Å². The van der Waals surface area contributed by atoms with Crippen LogP contribution in [0.5, 0.6) is 0 Å². The third-order valence-corrected chi connectivity index (χ3v) is 5.04. The highest BCUT2D eigenvalue weighted by Crippen LogP contribution is 2.24. The minimum Gasteiger partial charge on any atom is -0.393 e. The van der Waals surface area contributed by atoms with Crippen molar-refractivity contribution in [2.75, 3.05) is 18.8 Å². The Kier molecular flexibility index (Phi) is 4.69. The third kappa shape index (κ3) is 3.13. The molecule has 118 valence electrons. The monoisotopic (exact) mass is 319 g/mol. The molecule has 22 heavy (non-hydrogen) atoms. The van der Waals surface area contributed by atoms with Crippen LogP contribution >= 0.6 is 11.8 Å². The van der Waals surface area contributed by atoms with Gasteiger partial charge in [-0.1, -0.05) is 23.9 Å². The molecule has 1 saturated heterocycles. The van der Waals surface area contributed by atoms with Crippen molar-refractivity contribution in [2.45, 2.75) is 37.6 Å². The first-order chi connectivity index (χ1) is 10.7. The zero-order valence-corrected chi connectivity index (χ0v) is 13.6. The van der Waals surface area contributed by atoms with Crippen molar-refractivity contribution in [2.24, 2.45) is 0 Å². The first-order valence-electron chi connectivity index (χ1n) is 7.73. The Morgan fingerprint density at radius 3 is 2.82 bits per heavy atom. The summed E-state index contributed by atoms with van der Waals surface area (Å²) in [6.07, 6.45) is 1.12. The fourth-order valence-electron chi connectivity index (χ4n) is 2.80. The smallest absolute Gasteiger partial charge is 0.233 e. The van der Waals surface area contributed by atoms with E-state index in [1.54, 1.807) is 0 Å². The Bertz CT molecular complexity index is 662. The number of carbonyl (C=O) groups is 1. The van der Waals surface area contributed by atoms with Crippen LogP contribution in [0.25, 0.3) is 11.0 Å². The summed E-state index contributed by atoms with van der Waals surface area (Å²) >= 11 is 1.50. The van der Waals surface area contributed by atoms with Crippen molar-refractivity contribution in [3.63, 3.8) is 0 Å². The molecule has 0 saturated carbocycles. The van der Waals surface area contributed by atoms with Crippen molar-refractivity contribution in [1.29, 1.82) is 0 Å². The number of aliphatic hydroxyl groups excluding tert-OH is 1. The minimum atomic E-state index is -0.249. The van der Waals surface area contributed by atoms with Gasteiger partial charge in [0.15, 0.2) is 5.16 Å². The van der Waals surface area contributed by atoms with E-state index in [4.69, 9.17) is 0 Å². The molecule has 0 unspecified atom stereocenters. The molecule has 1 aromatic carbocycles. The molecule has 0 atom stereocenters. The van der Waals surface area contributed by atoms with Crippen LogP contribution in [-0.4, -0.2) is 50.4 Å². The van der Waals surface area contributed by atoms with Gasteiger partial charge >= 0.3 is 0 Å². The average Bonchev–Trinajstić information content (AvgIpc) is 2.90. The van der Waals surface area contributed by atoms with E-state index in [0.717, 1.165) is 22.7 Å². The van der Waals surface area contributed by atoms with Gasteiger partial charge in [0.2, 0.25) is 5.91 Å². The number of thioether (sulfide) groups is 1. The number of aryl methyl sites for hydroxylation is 1. The predicted molar refractivity (Wildman–Crippen MR) is 88.0 cm³/mol. The summed E-state index contributed by atoms with van der Waals surface area (Å²) in [6.45, 7) is 4.24. The van der Waals surface area contributed by atoms with Gasteiger partial charge in [-0.2, -0.15) is 0 Å². The summed E-state index contributed by atoms with van der Waals surface area (Å²) in [4.78, 5) is 18.8. The van der Waals surface area contributed by atoms with Crippen molar-refractivity contribution >= 4 is 28.7 Å². The van der Waals surface area contributed by atoms with Crippen molar-refractivity contribution in [3.05, 3.63) is 24.3 Å². The lowest BCUT2D eigenvalue weighted by molar-refractivity contribution is -0.130. The number of piperidine rings is 1. The molecule has 1 amide bonds. The maximum absolute atomic E-state index is 12.3. The number of para-hydroxylation sites is 2. The van der Waals surface area contributed by atoms with Gasteiger partial charge in [0.25, 0.3) is 0 Å². The van der Waals surface area contributed by atoms with Crippen LogP contribution in [0.1, 0.15) is 19.8 Å². The molecule has 0 bridgehead atoms. The number of amides is 1. The van der Waals surface area contributed by atoms with Gasteiger partial charge in [-0.25, -0.2) is 4.98 Å². The highest BCUT2D eigenvalue weighted by molar-refractivity contribution is 7.99. The molecule has 1 aliphatic heterocycles. The van der Waals surface area contributed by atoms with Gasteiger partial charge in [0.05, 0.1) is 22.9 Å². The van der Waals surface area contributed by atoms with Gasteiger partial charge in [0, 0.05) is 19.6 Å². The van der Waals surface area contributed by atoms with Crippen LogP contribution in [-0.2, 0) is 11.3 Å². The maximum Gasteiger partial charge on any atom is 0.233 e. The van der Waals surface area contributed by atoms with Gasteiger partial charge in [0.1, 0.15) is 0 Å². The zero-order chi connectivity index (χ0) is 15.5. The lowest BCUT2D eigenvalue weighted by atomic mass is 10.1. The molecule has 1 N–H and O–H groups in total. The standard InChI is InChI=1S/C16H21N3O2S/c1-2-19-14-6-4-3-5-13(14)17-16(19)22-11-15(21)18-9-7-12(20)8-10-18/h3-6,12,20H,2,7-11H2,1H3. The highest BCUT2D eigenvalue weighted by Gasteiger charge is 2.22. The summed E-state index contributed by atoms with van der Waals surface area (Å²) in [5.74, 6) is 0.533. The van der Waals surface area contributed by atoms with Gasteiger partial charge in [-0.15, -0.1) is 0 Å². The number of fused-ring (bicyclic) bond motifs is 1. The Morgan fingerprint density at radius 1 is 1.36 bits per heavy atom. The molecular formula is C16H21N3O2S. The first-order valence-corrected chi connectivity index (χ1v) is 8.71. The van der Waals surface area contributed by atoms with E-state index >= 15 is 0 Å². The van der Waals surface area contributed by atoms with E-state index in [1.165, 1.54) is 11.8 Å². The van der Waals surface area contributed by atoms with Crippen LogP contribution < -0.4 is 0 Å². The van der Waals surface area contributed by atoms with Crippen LogP contribution in [0.3, 0.4) is 0 Å². The molecule has 2 heterocycles. The topological polar surface area (TPSA) is 58.4 Å². The molecule has 1 fully saturated rings. The number of nitrogens with zero attached hydrogens (tertiary/aromatic N) is 3. The van der Waals surface area contributed by atoms with E-state index in [-0.39, 0.29) is 12.0 Å². The Labute approximate surface area is 134 Å². The fraction of sp³-hybridized carbons (Fsp3) is 0.500. The van der Waals surface area contributed by atoms with Gasteiger partial charge in [-0.05, 0) is 31.9 Å². The quantitative estimate of drug-likeness (QED) is 0.877. The average molecular weight is 319 g/mol. The molecule has 2 aromatic rings. The molecular weight excluding hydrogens is 298 g/mol. The summed E-state index contributed by atoms with van der Waals surface area (Å²) < 4.78 is 2.15. The molecule has 0 spiro atoms. The van der Waals surface area contributed by atoms with Crippen LogP contribution in [0.2, 0.25) is 0 Å². The third-order valence-electron chi connectivity index (χ3n) is 4.08. The Hall–Kier alpha value is -1.53. The van der Waals surface area contributed by atoms with Crippen LogP contribution in [0, 0.1) is 0 Å². The molecule has 1 aliphatic rings. The number of hydrogen-bond acceptors (Lipinski definition) is 4. The number of aliphatic hydroxyl groups is 1. The number of aromatic nitrogens is 2. The Morgan fingerprint density at radius 2 is 2.09 bits per heavy atom. The molecule has 3 rings (SSSR count). The molecule has 0 radical (unpaired) electrons. The summed E-state index contributed by atoms with van der Waals surface area (Å²) in [7, 11) is 0.